The van der Waals surface area contributed by atoms with Gasteiger partial charge in [-0.05, 0) is 49.8 Å². The van der Waals surface area contributed by atoms with Crippen LogP contribution in [0.4, 0.5) is 0 Å². The van der Waals surface area contributed by atoms with E-state index in [2.05, 4.69) is 0 Å². The zero-order chi connectivity index (χ0) is 17.5. The number of carbonyl (C=O) groups is 1. The third kappa shape index (κ3) is 2.77. The number of fused-ring (bicyclic) bond motifs is 1. The van der Waals surface area contributed by atoms with Crippen LogP contribution < -0.4 is 0 Å². The van der Waals surface area contributed by atoms with Gasteiger partial charge in [-0.15, -0.1) is 0 Å². The van der Waals surface area contributed by atoms with Gasteiger partial charge in [0.25, 0.3) is 0 Å². The highest BCUT2D eigenvalue weighted by atomic mass is 32.2. The molecule has 0 radical (unpaired) electrons. The monoisotopic (exact) mass is 360 g/mol. The molecule has 134 valence electrons. The molecular formula is C20H24O4S. The van der Waals surface area contributed by atoms with Gasteiger partial charge in [0.2, 0.25) is 15.6 Å². The average Bonchev–Trinajstić information content (AvgIpc) is 2.64. The van der Waals surface area contributed by atoms with E-state index in [1.54, 1.807) is 30.3 Å². The summed E-state index contributed by atoms with van der Waals surface area (Å²) in [7, 11) is -3.81. The molecular weight excluding hydrogens is 336 g/mol. The lowest BCUT2D eigenvalue weighted by molar-refractivity contribution is -0.157. The van der Waals surface area contributed by atoms with Crippen LogP contribution in [0.5, 0.6) is 0 Å². The maximum absolute atomic E-state index is 13.4. The van der Waals surface area contributed by atoms with Crippen LogP contribution in [-0.4, -0.2) is 25.9 Å². The van der Waals surface area contributed by atoms with Crippen LogP contribution in [0.3, 0.4) is 0 Å². The van der Waals surface area contributed by atoms with Crippen LogP contribution in [-0.2, 0) is 19.4 Å². The average molecular weight is 360 g/mol. The molecule has 0 bridgehead atoms. The Bertz CT molecular complexity index is 801. The first kappa shape index (κ1) is 17.0. The van der Waals surface area contributed by atoms with Crippen molar-refractivity contribution in [3.63, 3.8) is 0 Å². The van der Waals surface area contributed by atoms with E-state index in [0.717, 1.165) is 44.1 Å². The topological polar surface area (TPSA) is 60.4 Å². The molecule has 0 amide bonds. The zero-order valence-electron chi connectivity index (χ0n) is 14.4. The fourth-order valence-electron chi connectivity index (χ4n) is 4.53. The molecule has 2 saturated carbocycles. The highest BCUT2D eigenvalue weighted by Gasteiger charge is 2.52. The molecule has 0 saturated heterocycles. The smallest absolute Gasteiger partial charge is 0.210 e. The lowest BCUT2D eigenvalue weighted by Crippen LogP contribution is -2.52. The van der Waals surface area contributed by atoms with Gasteiger partial charge in [-0.2, -0.15) is 0 Å². The Labute approximate surface area is 149 Å². The number of Topliss-reactive ketones (excluding diaryl/α,β-unsaturated/α-hetero) is 1. The van der Waals surface area contributed by atoms with E-state index in [4.69, 9.17) is 4.74 Å². The number of carbonyl (C=O) groups excluding carboxylic acids is 1. The molecule has 1 unspecified atom stereocenters. The van der Waals surface area contributed by atoms with Crippen LogP contribution >= 0.6 is 0 Å². The SMILES string of the molecule is O=C1C(S(=O)(=O)c2ccccc2)=C2CCCCC2OC12CCCCC2. The van der Waals surface area contributed by atoms with Gasteiger partial charge < -0.3 is 4.74 Å². The summed E-state index contributed by atoms with van der Waals surface area (Å²) in [6.07, 6.45) is 7.41. The number of ether oxygens (including phenoxy) is 1. The normalized spacial score (nSPS) is 26.6. The van der Waals surface area contributed by atoms with E-state index in [1.807, 2.05) is 0 Å². The number of rotatable bonds is 2. The minimum Gasteiger partial charge on any atom is -0.359 e. The lowest BCUT2D eigenvalue weighted by Gasteiger charge is -2.45. The molecule has 4 nitrogen and oxygen atoms in total. The molecule has 1 heterocycles. The van der Waals surface area contributed by atoms with E-state index in [-0.39, 0.29) is 21.7 Å². The predicted octanol–water partition coefficient (Wildman–Crippen LogP) is 3.96. The molecule has 2 aliphatic carbocycles. The molecule has 0 aromatic heterocycles. The second-order valence-corrected chi connectivity index (χ2v) is 9.29. The molecule has 3 aliphatic rings. The second-order valence-electron chi connectivity index (χ2n) is 7.41. The van der Waals surface area contributed by atoms with Crippen molar-refractivity contribution in [1.29, 1.82) is 0 Å². The van der Waals surface area contributed by atoms with Gasteiger partial charge >= 0.3 is 0 Å². The fraction of sp³-hybridized carbons (Fsp3) is 0.550. The summed E-state index contributed by atoms with van der Waals surface area (Å²) < 4.78 is 33.0. The summed E-state index contributed by atoms with van der Waals surface area (Å²) in [5.74, 6) is -0.288. The van der Waals surface area contributed by atoms with E-state index < -0.39 is 15.4 Å². The Morgan fingerprint density at radius 1 is 0.960 bits per heavy atom. The fourth-order valence-corrected chi connectivity index (χ4v) is 6.29. The largest absolute Gasteiger partial charge is 0.359 e. The predicted molar refractivity (Wildman–Crippen MR) is 94.8 cm³/mol. The highest BCUT2D eigenvalue weighted by Crippen LogP contribution is 2.46. The number of benzene rings is 1. The van der Waals surface area contributed by atoms with Crippen molar-refractivity contribution in [3.8, 4) is 0 Å². The molecule has 0 N–H and O–H groups in total. The first-order valence-electron chi connectivity index (χ1n) is 9.30. The first-order chi connectivity index (χ1) is 12.0. The maximum Gasteiger partial charge on any atom is 0.210 e. The molecule has 25 heavy (non-hydrogen) atoms. The number of hydrogen-bond donors (Lipinski definition) is 0. The summed E-state index contributed by atoms with van der Waals surface area (Å²) in [4.78, 5) is 13.7. The summed E-state index contributed by atoms with van der Waals surface area (Å²) in [6.45, 7) is 0. The molecule has 1 aromatic carbocycles. The summed E-state index contributed by atoms with van der Waals surface area (Å²) in [5, 5.41) is 0. The van der Waals surface area contributed by atoms with Crippen LogP contribution in [0, 0.1) is 0 Å². The van der Waals surface area contributed by atoms with Crippen LogP contribution in [0.1, 0.15) is 57.8 Å². The van der Waals surface area contributed by atoms with Gasteiger partial charge in [-0.25, -0.2) is 8.42 Å². The van der Waals surface area contributed by atoms with Crippen molar-refractivity contribution in [2.24, 2.45) is 0 Å². The van der Waals surface area contributed by atoms with Crippen molar-refractivity contribution < 1.29 is 17.9 Å². The molecule has 1 spiro atoms. The van der Waals surface area contributed by atoms with Crippen LogP contribution in [0.2, 0.25) is 0 Å². The van der Waals surface area contributed by atoms with E-state index in [0.29, 0.717) is 19.3 Å². The maximum atomic E-state index is 13.4. The van der Waals surface area contributed by atoms with Crippen molar-refractivity contribution in [3.05, 3.63) is 40.8 Å². The van der Waals surface area contributed by atoms with E-state index >= 15 is 0 Å². The van der Waals surface area contributed by atoms with Crippen LogP contribution in [0.15, 0.2) is 45.7 Å². The van der Waals surface area contributed by atoms with E-state index in [1.165, 1.54) is 0 Å². The lowest BCUT2D eigenvalue weighted by atomic mass is 9.76. The minimum absolute atomic E-state index is 0.0524. The quantitative estimate of drug-likeness (QED) is 0.801. The van der Waals surface area contributed by atoms with Gasteiger partial charge in [0, 0.05) is 0 Å². The summed E-state index contributed by atoms with van der Waals surface area (Å²) in [5.41, 5.74) is -0.197. The summed E-state index contributed by atoms with van der Waals surface area (Å²) >= 11 is 0. The highest BCUT2D eigenvalue weighted by molar-refractivity contribution is 7.96. The molecule has 1 atom stereocenters. The van der Waals surface area contributed by atoms with Crippen LogP contribution in [0.25, 0.3) is 0 Å². The van der Waals surface area contributed by atoms with Gasteiger partial charge in [0.1, 0.15) is 10.5 Å². The number of sulfone groups is 1. The third-order valence-corrected chi connectivity index (χ3v) is 7.69. The van der Waals surface area contributed by atoms with Crippen molar-refractivity contribution in [2.75, 3.05) is 0 Å². The standard InChI is InChI=1S/C20H24O4S/c21-19-18(25(22,23)15-9-3-1-4-10-15)16-11-5-6-12-17(16)24-20(19)13-7-2-8-14-20/h1,3-4,9-10,17H,2,5-8,11-14H2. The number of hydrogen-bond acceptors (Lipinski definition) is 4. The molecule has 4 rings (SSSR count). The molecule has 2 fully saturated rings. The Morgan fingerprint density at radius 2 is 1.68 bits per heavy atom. The number of ketones is 1. The Kier molecular flexibility index (Phi) is 4.32. The van der Waals surface area contributed by atoms with Gasteiger partial charge in [0.15, 0.2) is 0 Å². The van der Waals surface area contributed by atoms with Crippen molar-refractivity contribution in [1.82, 2.24) is 0 Å². The Morgan fingerprint density at radius 3 is 2.40 bits per heavy atom. The summed E-state index contributed by atoms with van der Waals surface area (Å²) in [6, 6.07) is 8.36. The van der Waals surface area contributed by atoms with Crippen molar-refractivity contribution >= 4 is 15.6 Å². The Hall–Kier alpha value is -1.46. The zero-order valence-corrected chi connectivity index (χ0v) is 15.2. The molecule has 1 aliphatic heterocycles. The minimum atomic E-state index is -3.81. The van der Waals surface area contributed by atoms with Crippen molar-refractivity contribution in [2.45, 2.75) is 74.4 Å². The first-order valence-corrected chi connectivity index (χ1v) is 10.8. The van der Waals surface area contributed by atoms with E-state index in [9.17, 15) is 13.2 Å². The van der Waals surface area contributed by atoms with Gasteiger partial charge in [0.05, 0.1) is 11.0 Å². The molecule has 1 aromatic rings. The second kappa shape index (κ2) is 6.36. The molecule has 5 heteroatoms. The Balaban J connectivity index is 1.87. The third-order valence-electron chi connectivity index (χ3n) is 5.81. The van der Waals surface area contributed by atoms with Gasteiger partial charge in [-0.1, -0.05) is 43.9 Å². The van der Waals surface area contributed by atoms with Gasteiger partial charge in [-0.3, -0.25) is 4.79 Å².